The summed E-state index contributed by atoms with van der Waals surface area (Å²) in [5.41, 5.74) is 1.35. The lowest BCUT2D eigenvalue weighted by Gasteiger charge is -2.09. The van der Waals surface area contributed by atoms with Gasteiger partial charge in [-0.2, -0.15) is 0 Å². The van der Waals surface area contributed by atoms with Gasteiger partial charge < -0.3 is 0 Å². The molecular weight excluding hydrogens is 361 g/mol. The highest BCUT2D eigenvalue weighted by Crippen LogP contribution is 2.25. The van der Waals surface area contributed by atoms with Crippen LogP contribution in [0.25, 0.3) is 11.4 Å². The molecule has 0 radical (unpaired) electrons. The van der Waals surface area contributed by atoms with Crippen molar-refractivity contribution in [2.24, 2.45) is 0 Å². The van der Waals surface area contributed by atoms with Crippen LogP contribution in [0.15, 0.2) is 24.5 Å². The highest BCUT2D eigenvalue weighted by Gasteiger charge is 2.16. The van der Waals surface area contributed by atoms with Crippen LogP contribution in [0.3, 0.4) is 0 Å². The van der Waals surface area contributed by atoms with Crippen molar-refractivity contribution in [2.45, 2.75) is 84.2 Å². The first-order valence-corrected chi connectivity index (χ1v) is 10.4. The van der Waals surface area contributed by atoms with Crippen molar-refractivity contribution >= 4 is 0 Å². The summed E-state index contributed by atoms with van der Waals surface area (Å²) in [6.45, 7) is 3.71. The molecule has 0 spiro atoms. The maximum atomic E-state index is 14.5. The fraction of sp³-hybridized carbons (Fsp3) is 0.565. The zero-order valence-corrected chi connectivity index (χ0v) is 17.0. The third-order valence-corrected chi connectivity index (χ3v) is 4.98. The smallest absolute Gasteiger partial charge is 0.170 e. The molecule has 0 bridgehead atoms. The van der Waals surface area contributed by atoms with E-state index in [0.29, 0.717) is 31.2 Å². The minimum atomic E-state index is -0.887. The Balaban J connectivity index is 1.96. The van der Waals surface area contributed by atoms with Gasteiger partial charge in [-0.1, -0.05) is 45.1 Å². The first-order valence-electron chi connectivity index (χ1n) is 10.4. The average Bonchev–Trinajstić information content (AvgIpc) is 2.68. The summed E-state index contributed by atoms with van der Waals surface area (Å²) in [5.74, 6) is -1.51. The molecule has 2 aromatic rings. The fourth-order valence-electron chi connectivity index (χ4n) is 3.26. The van der Waals surface area contributed by atoms with Crippen molar-refractivity contribution in [3.05, 3.63) is 47.3 Å². The van der Waals surface area contributed by atoms with Gasteiger partial charge in [-0.3, -0.25) is 0 Å². The van der Waals surface area contributed by atoms with Gasteiger partial charge in [0.15, 0.2) is 17.5 Å². The molecule has 1 aromatic carbocycles. The molecule has 0 fully saturated rings. The Hall–Kier alpha value is -1.91. The van der Waals surface area contributed by atoms with Crippen LogP contribution >= 0.6 is 0 Å². The minimum Gasteiger partial charge on any atom is -0.248 e. The Bertz CT molecular complexity index is 715. The van der Waals surface area contributed by atoms with E-state index in [-0.39, 0.29) is 11.4 Å². The van der Waals surface area contributed by atoms with Crippen molar-refractivity contribution < 1.29 is 13.2 Å². The summed E-state index contributed by atoms with van der Waals surface area (Å²) in [5, 5.41) is 0. The van der Waals surface area contributed by atoms with Crippen LogP contribution in [0.4, 0.5) is 13.2 Å². The lowest BCUT2D eigenvalue weighted by atomic mass is 10.0. The number of hydrogen-bond donors (Lipinski definition) is 0. The van der Waals surface area contributed by atoms with Gasteiger partial charge in [0, 0.05) is 12.4 Å². The fourth-order valence-corrected chi connectivity index (χ4v) is 3.26. The van der Waals surface area contributed by atoms with Crippen molar-refractivity contribution in [1.29, 1.82) is 0 Å². The van der Waals surface area contributed by atoms with E-state index < -0.39 is 17.8 Å². The van der Waals surface area contributed by atoms with Gasteiger partial charge in [0.2, 0.25) is 0 Å². The average molecular weight is 393 g/mol. The second kappa shape index (κ2) is 11.8. The molecule has 5 heteroatoms. The number of halogens is 3. The van der Waals surface area contributed by atoms with Crippen LogP contribution in [0.5, 0.6) is 0 Å². The van der Waals surface area contributed by atoms with Crippen molar-refractivity contribution in [2.75, 3.05) is 0 Å². The summed E-state index contributed by atoms with van der Waals surface area (Å²) in [7, 11) is 0. The maximum Gasteiger partial charge on any atom is 0.170 e. The molecule has 1 aromatic heterocycles. The second-order valence-corrected chi connectivity index (χ2v) is 7.51. The number of benzene rings is 1. The Morgan fingerprint density at radius 2 is 1.54 bits per heavy atom. The topological polar surface area (TPSA) is 25.8 Å². The predicted molar refractivity (Wildman–Crippen MR) is 108 cm³/mol. The van der Waals surface area contributed by atoms with Gasteiger partial charge in [-0.25, -0.2) is 23.1 Å². The molecule has 1 heterocycles. The van der Waals surface area contributed by atoms with Gasteiger partial charge in [0.05, 0.1) is 11.7 Å². The Morgan fingerprint density at radius 1 is 0.857 bits per heavy atom. The van der Waals surface area contributed by atoms with Crippen LogP contribution in [0.1, 0.15) is 76.3 Å². The maximum absolute atomic E-state index is 14.5. The van der Waals surface area contributed by atoms with Crippen LogP contribution in [0, 0.1) is 11.6 Å². The summed E-state index contributed by atoms with van der Waals surface area (Å²) < 4.78 is 41.8. The molecule has 154 valence electrons. The van der Waals surface area contributed by atoms with E-state index in [1.165, 1.54) is 26.2 Å². The van der Waals surface area contributed by atoms with Crippen molar-refractivity contribution in [1.82, 2.24) is 9.97 Å². The van der Waals surface area contributed by atoms with Crippen LogP contribution in [0.2, 0.25) is 0 Å². The molecule has 0 aliphatic heterocycles. The largest absolute Gasteiger partial charge is 0.248 e. The van der Waals surface area contributed by atoms with E-state index >= 15 is 0 Å². The monoisotopic (exact) mass is 392 g/mol. The Morgan fingerprint density at radius 3 is 2.21 bits per heavy atom. The molecule has 0 N–H and O–H groups in total. The molecule has 2 nitrogen and oxygen atoms in total. The zero-order chi connectivity index (χ0) is 20.4. The van der Waals surface area contributed by atoms with E-state index in [1.807, 2.05) is 0 Å². The number of alkyl halides is 1. The van der Waals surface area contributed by atoms with E-state index in [9.17, 15) is 13.2 Å². The molecule has 0 aliphatic carbocycles. The second-order valence-electron chi connectivity index (χ2n) is 7.51. The summed E-state index contributed by atoms with van der Waals surface area (Å²) in [6, 6.07) is 3.20. The van der Waals surface area contributed by atoms with E-state index in [0.717, 1.165) is 24.8 Å². The summed E-state index contributed by atoms with van der Waals surface area (Å²) in [6.07, 6.45) is 11.4. The molecule has 1 unspecified atom stereocenters. The standard InChI is InChI=1S/C23H31F3N2/c1-3-4-5-6-7-8-12-19-13-14-20(22(26)21(19)25)23-27-15-18(16-28-23)11-9-10-17(2)24/h13-17H,3-12H2,1-2H3. The molecule has 28 heavy (non-hydrogen) atoms. The Labute approximate surface area is 166 Å². The van der Waals surface area contributed by atoms with E-state index in [1.54, 1.807) is 24.5 Å². The van der Waals surface area contributed by atoms with Crippen molar-refractivity contribution in [3.8, 4) is 11.4 Å². The predicted octanol–water partition coefficient (Wildman–Crippen LogP) is 7.01. The molecule has 0 aliphatic rings. The number of unbranched alkanes of at least 4 members (excludes halogenated alkanes) is 5. The van der Waals surface area contributed by atoms with Crippen LogP contribution < -0.4 is 0 Å². The molecule has 1 atom stereocenters. The minimum absolute atomic E-state index is 0.0770. The quantitative estimate of drug-likeness (QED) is 0.363. The lowest BCUT2D eigenvalue weighted by molar-refractivity contribution is 0.334. The number of rotatable bonds is 12. The SMILES string of the molecule is CCCCCCCCc1ccc(-c2ncc(CCCC(C)F)cn2)c(F)c1F. The van der Waals surface area contributed by atoms with E-state index in [4.69, 9.17) is 0 Å². The molecule has 0 saturated carbocycles. The van der Waals surface area contributed by atoms with Gasteiger partial charge in [-0.05, 0) is 56.2 Å². The molecule has 0 amide bonds. The highest BCUT2D eigenvalue weighted by molar-refractivity contribution is 5.56. The third-order valence-electron chi connectivity index (χ3n) is 4.98. The molecular formula is C23H31F3N2. The first kappa shape index (κ1) is 22.4. The third kappa shape index (κ3) is 6.92. The first-order chi connectivity index (χ1) is 13.5. The number of aromatic nitrogens is 2. The summed E-state index contributed by atoms with van der Waals surface area (Å²) >= 11 is 0. The van der Waals surface area contributed by atoms with Gasteiger partial charge in [0.25, 0.3) is 0 Å². The number of aryl methyl sites for hydroxylation is 2. The van der Waals surface area contributed by atoms with Crippen LogP contribution in [-0.2, 0) is 12.8 Å². The highest BCUT2D eigenvalue weighted by atomic mass is 19.2. The van der Waals surface area contributed by atoms with Crippen LogP contribution in [-0.4, -0.2) is 16.1 Å². The van der Waals surface area contributed by atoms with Gasteiger partial charge in [-0.15, -0.1) is 0 Å². The van der Waals surface area contributed by atoms with Gasteiger partial charge in [0.1, 0.15) is 0 Å². The van der Waals surface area contributed by atoms with Crippen molar-refractivity contribution in [3.63, 3.8) is 0 Å². The normalized spacial score (nSPS) is 12.3. The van der Waals surface area contributed by atoms with E-state index in [2.05, 4.69) is 16.9 Å². The number of nitrogens with zero attached hydrogens (tertiary/aromatic N) is 2. The number of hydrogen-bond acceptors (Lipinski definition) is 2. The zero-order valence-electron chi connectivity index (χ0n) is 17.0. The van der Waals surface area contributed by atoms with Gasteiger partial charge >= 0.3 is 0 Å². The Kier molecular flexibility index (Phi) is 9.45. The summed E-state index contributed by atoms with van der Waals surface area (Å²) in [4.78, 5) is 8.34. The lowest BCUT2D eigenvalue weighted by Crippen LogP contribution is -2.01. The molecule has 0 saturated heterocycles. The molecule has 2 rings (SSSR count).